The van der Waals surface area contributed by atoms with Crippen LogP contribution < -0.4 is 9.47 Å². The van der Waals surface area contributed by atoms with Gasteiger partial charge in [0.25, 0.3) is 0 Å². The third-order valence-corrected chi connectivity index (χ3v) is 3.97. The second kappa shape index (κ2) is 5.75. The van der Waals surface area contributed by atoms with E-state index in [1.165, 1.54) is 0 Å². The summed E-state index contributed by atoms with van der Waals surface area (Å²) in [6.45, 7) is 0.485. The summed E-state index contributed by atoms with van der Waals surface area (Å²) in [4.78, 5) is 0. The zero-order valence-electron chi connectivity index (χ0n) is 10.9. The molecule has 0 spiro atoms. The van der Waals surface area contributed by atoms with E-state index >= 15 is 0 Å². The van der Waals surface area contributed by atoms with Crippen LogP contribution in [0.1, 0.15) is 5.56 Å². The predicted molar refractivity (Wildman–Crippen MR) is 86.3 cm³/mol. The van der Waals surface area contributed by atoms with Gasteiger partial charge in [-0.15, -0.1) is 0 Å². The number of hydrogen-bond acceptors (Lipinski definition) is 3. The minimum absolute atomic E-state index is 0.485. The standard InChI is InChI=1S/C16H13IO3/c1-18-12-6-7-13-11(10-20-16(13)8-12)9-19-15-5-3-2-4-14(15)17/h2-8,10H,9H2,1H3. The fraction of sp³-hybridized carbons (Fsp3) is 0.125. The molecule has 0 atom stereocenters. The molecule has 0 unspecified atom stereocenters. The molecule has 3 aromatic rings. The molecule has 0 saturated heterocycles. The van der Waals surface area contributed by atoms with Gasteiger partial charge >= 0.3 is 0 Å². The number of benzene rings is 2. The van der Waals surface area contributed by atoms with Gasteiger partial charge in [-0.25, -0.2) is 0 Å². The maximum Gasteiger partial charge on any atom is 0.137 e. The lowest BCUT2D eigenvalue weighted by Crippen LogP contribution is -1.95. The molecular weight excluding hydrogens is 367 g/mol. The number of halogens is 1. The van der Waals surface area contributed by atoms with Crippen LogP contribution in [-0.4, -0.2) is 7.11 Å². The van der Waals surface area contributed by atoms with Crippen molar-refractivity contribution in [1.82, 2.24) is 0 Å². The fourth-order valence-electron chi connectivity index (χ4n) is 2.02. The number of methoxy groups -OCH3 is 1. The Balaban J connectivity index is 1.83. The summed E-state index contributed by atoms with van der Waals surface area (Å²) in [6, 6.07) is 13.7. The van der Waals surface area contributed by atoms with Crippen molar-refractivity contribution in [3.8, 4) is 11.5 Å². The number of hydrogen-bond donors (Lipinski definition) is 0. The molecule has 3 nitrogen and oxygen atoms in total. The number of fused-ring (bicyclic) bond motifs is 1. The highest BCUT2D eigenvalue weighted by Crippen LogP contribution is 2.27. The zero-order chi connectivity index (χ0) is 13.9. The third-order valence-electron chi connectivity index (χ3n) is 3.08. The lowest BCUT2D eigenvalue weighted by Gasteiger charge is -2.06. The third kappa shape index (κ3) is 2.60. The van der Waals surface area contributed by atoms with Crippen LogP contribution in [0.25, 0.3) is 11.0 Å². The maximum absolute atomic E-state index is 5.85. The molecule has 0 radical (unpaired) electrons. The van der Waals surface area contributed by atoms with Gasteiger partial charge in [0.05, 0.1) is 16.9 Å². The van der Waals surface area contributed by atoms with Crippen molar-refractivity contribution in [3.05, 3.63) is 57.9 Å². The molecular formula is C16H13IO3. The lowest BCUT2D eigenvalue weighted by molar-refractivity contribution is 0.304. The number of ether oxygens (including phenoxy) is 2. The summed E-state index contributed by atoms with van der Waals surface area (Å²) in [7, 11) is 1.64. The van der Waals surface area contributed by atoms with Crippen molar-refractivity contribution in [3.63, 3.8) is 0 Å². The predicted octanol–water partition coefficient (Wildman–Crippen LogP) is 4.63. The number of para-hydroxylation sites is 1. The Hall–Kier alpha value is -1.69. The molecule has 0 bridgehead atoms. The van der Waals surface area contributed by atoms with Gasteiger partial charge in [-0.05, 0) is 46.9 Å². The first kappa shape index (κ1) is 13.3. The highest BCUT2D eigenvalue weighted by Gasteiger charge is 2.08. The highest BCUT2D eigenvalue weighted by atomic mass is 127. The Morgan fingerprint density at radius 2 is 2.00 bits per heavy atom. The first-order valence-electron chi connectivity index (χ1n) is 6.19. The molecule has 1 aromatic heterocycles. The van der Waals surface area contributed by atoms with Crippen LogP contribution in [0.4, 0.5) is 0 Å². The van der Waals surface area contributed by atoms with E-state index in [-0.39, 0.29) is 0 Å². The Morgan fingerprint density at radius 3 is 2.80 bits per heavy atom. The van der Waals surface area contributed by atoms with Gasteiger partial charge in [-0.1, -0.05) is 12.1 Å². The van der Waals surface area contributed by atoms with Crippen LogP contribution in [0.2, 0.25) is 0 Å². The quantitative estimate of drug-likeness (QED) is 0.619. The van der Waals surface area contributed by atoms with E-state index in [4.69, 9.17) is 13.9 Å². The Labute approximate surface area is 130 Å². The van der Waals surface area contributed by atoms with Gasteiger partial charge in [0, 0.05) is 17.0 Å². The van der Waals surface area contributed by atoms with Gasteiger partial charge in [-0.3, -0.25) is 0 Å². The number of rotatable bonds is 4. The molecule has 102 valence electrons. The van der Waals surface area contributed by atoms with Crippen LogP contribution in [0.15, 0.2) is 53.1 Å². The molecule has 0 saturated carbocycles. The van der Waals surface area contributed by atoms with Crippen molar-refractivity contribution in [2.45, 2.75) is 6.61 Å². The Kier molecular flexibility index (Phi) is 3.82. The van der Waals surface area contributed by atoms with Crippen LogP contribution in [0.5, 0.6) is 11.5 Å². The molecule has 0 amide bonds. The SMILES string of the molecule is COc1ccc2c(COc3ccccc3I)coc2c1. The van der Waals surface area contributed by atoms with Crippen molar-refractivity contribution >= 4 is 33.6 Å². The highest BCUT2D eigenvalue weighted by molar-refractivity contribution is 14.1. The average molecular weight is 380 g/mol. The van der Waals surface area contributed by atoms with Crippen molar-refractivity contribution < 1.29 is 13.9 Å². The van der Waals surface area contributed by atoms with E-state index in [2.05, 4.69) is 22.6 Å². The summed E-state index contributed by atoms with van der Waals surface area (Å²) in [5, 5.41) is 1.05. The molecule has 0 aliphatic rings. The van der Waals surface area contributed by atoms with Gasteiger partial charge in [0.15, 0.2) is 0 Å². The summed E-state index contributed by atoms with van der Waals surface area (Å²) >= 11 is 2.26. The molecule has 2 aromatic carbocycles. The second-order valence-electron chi connectivity index (χ2n) is 4.34. The monoisotopic (exact) mass is 380 g/mol. The molecule has 0 N–H and O–H groups in total. The van der Waals surface area contributed by atoms with E-state index in [1.54, 1.807) is 13.4 Å². The average Bonchev–Trinajstić information content (AvgIpc) is 2.88. The summed E-state index contributed by atoms with van der Waals surface area (Å²) in [6.07, 6.45) is 1.74. The minimum Gasteiger partial charge on any atom is -0.497 e. The Morgan fingerprint density at radius 1 is 1.15 bits per heavy atom. The largest absolute Gasteiger partial charge is 0.497 e. The topological polar surface area (TPSA) is 31.6 Å². The van der Waals surface area contributed by atoms with Crippen LogP contribution in [0, 0.1) is 3.57 Å². The molecule has 0 aliphatic heterocycles. The van der Waals surface area contributed by atoms with E-state index in [0.717, 1.165) is 31.6 Å². The van der Waals surface area contributed by atoms with Crippen LogP contribution >= 0.6 is 22.6 Å². The van der Waals surface area contributed by atoms with Gasteiger partial charge in [0.2, 0.25) is 0 Å². The van der Waals surface area contributed by atoms with E-state index in [9.17, 15) is 0 Å². The van der Waals surface area contributed by atoms with Gasteiger partial charge in [-0.2, -0.15) is 0 Å². The van der Waals surface area contributed by atoms with Crippen molar-refractivity contribution in [2.24, 2.45) is 0 Å². The fourth-order valence-corrected chi connectivity index (χ4v) is 2.56. The molecule has 0 fully saturated rings. The van der Waals surface area contributed by atoms with Crippen molar-refractivity contribution in [2.75, 3.05) is 7.11 Å². The van der Waals surface area contributed by atoms with E-state index in [0.29, 0.717) is 6.61 Å². The number of furan rings is 1. The first-order chi connectivity index (χ1) is 9.78. The van der Waals surface area contributed by atoms with Gasteiger partial charge < -0.3 is 13.9 Å². The van der Waals surface area contributed by atoms with Crippen LogP contribution in [-0.2, 0) is 6.61 Å². The van der Waals surface area contributed by atoms with Crippen molar-refractivity contribution in [1.29, 1.82) is 0 Å². The van der Waals surface area contributed by atoms with Crippen LogP contribution in [0.3, 0.4) is 0 Å². The summed E-state index contributed by atoms with van der Waals surface area (Å²) in [5.41, 5.74) is 1.84. The normalized spacial score (nSPS) is 10.7. The second-order valence-corrected chi connectivity index (χ2v) is 5.50. The molecule has 0 aliphatic carbocycles. The summed E-state index contributed by atoms with van der Waals surface area (Å²) < 4.78 is 17.7. The zero-order valence-corrected chi connectivity index (χ0v) is 13.1. The molecule has 4 heteroatoms. The minimum atomic E-state index is 0.485. The smallest absolute Gasteiger partial charge is 0.137 e. The Bertz CT molecular complexity index is 733. The van der Waals surface area contributed by atoms with E-state index < -0.39 is 0 Å². The summed E-state index contributed by atoms with van der Waals surface area (Å²) in [5.74, 6) is 1.67. The maximum atomic E-state index is 5.85. The molecule has 1 heterocycles. The molecule has 20 heavy (non-hydrogen) atoms. The first-order valence-corrected chi connectivity index (χ1v) is 7.27. The van der Waals surface area contributed by atoms with Gasteiger partial charge in [0.1, 0.15) is 23.7 Å². The lowest BCUT2D eigenvalue weighted by atomic mass is 10.2. The van der Waals surface area contributed by atoms with E-state index in [1.807, 2.05) is 42.5 Å². The molecule has 3 rings (SSSR count).